The Morgan fingerprint density at radius 1 is 1.04 bits per heavy atom. The first-order valence-electron chi connectivity index (χ1n) is 14.3. The van der Waals surface area contributed by atoms with Crippen LogP contribution in [0.3, 0.4) is 0 Å². The fraction of sp³-hybridized carbons (Fsp3) is 0.312. The highest BCUT2D eigenvalue weighted by Crippen LogP contribution is 2.57. The maximum atomic E-state index is 14.9. The lowest BCUT2D eigenvalue weighted by Crippen LogP contribution is -2.53. The van der Waals surface area contributed by atoms with Crippen LogP contribution in [0.5, 0.6) is 5.75 Å². The van der Waals surface area contributed by atoms with Crippen molar-refractivity contribution in [3.8, 4) is 5.75 Å². The number of amidine groups is 1. The van der Waals surface area contributed by atoms with Gasteiger partial charge in [-0.3, -0.25) is 23.9 Å². The second-order valence-corrected chi connectivity index (χ2v) is 15.8. The number of benzene rings is 3. The molecule has 13 heteroatoms. The van der Waals surface area contributed by atoms with Crippen LogP contribution >= 0.6 is 10.8 Å². The number of Topliss-reactive ketones (excluding diaryl/α,β-unsaturated/α-hetero) is 1. The van der Waals surface area contributed by atoms with Gasteiger partial charge >= 0.3 is 0 Å². The number of ketones is 1. The third kappa shape index (κ3) is 6.72. The standard InChI is InChI=1S/C32H38N4O7S2/c1-31(2,3)15-16-32(33-19-20-9-8-10-22(17-20)43-4)24-12-7-6-11-23(24)28(37)27(29(32)38)30-34-25-14-13-21(35-44(5,39)40)18-26(25)45(41,42)36-30/h6-14,17-18,33,35,37,41-42H,15-16,19H2,1-5H3,(H,34,36). The van der Waals surface area contributed by atoms with Crippen molar-refractivity contribution in [1.82, 2.24) is 5.32 Å². The minimum absolute atomic E-state index is 0.0567. The quantitative estimate of drug-likeness (QED) is 0.155. The molecule has 45 heavy (non-hydrogen) atoms. The van der Waals surface area contributed by atoms with Crippen molar-refractivity contribution in [2.75, 3.05) is 23.4 Å². The van der Waals surface area contributed by atoms with Crippen LogP contribution in [0.2, 0.25) is 0 Å². The molecule has 5 rings (SSSR count). The number of methoxy groups -OCH3 is 1. The Balaban J connectivity index is 1.63. The molecule has 0 radical (unpaired) electrons. The molecule has 11 nitrogen and oxygen atoms in total. The van der Waals surface area contributed by atoms with Crippen LogP contribution in [0, 0.1) is 5.41 Å². The molecule has 1 aliphatic heterocycles. The monoisotopic (exact) mass is 654 g/mol. The number of sulfonamides is 1. The summed E-state index contributed by atoms with van der Waals surface area (Å²) in [5.41, 5.74) is 0.567. The number of aliphatic hydroxyl groups excluding tert-OH is 1. The van der Waals surface area contributed by atoms with E-state index in [0.717, 1.165) is 11.8 Å². The van der Waals surface area contributed by atoms with Crippen LogP contribution < -0.4 is 20.1 Å². The number of nitrogens with zero attached hydrogens (tertiary/aromatic N) is 1. The van der Waals surface area contributed by atoms with Crippen LogP contribution in [0.4, 0.5) is 11.4 Å². The third-order valence-electron chi connectivity index (χ3n) is 7.76. The molecule has 0 spiro atoms. The number of rotatable bonds is 9. The summed E-state index contributed by atoms with van der Waals surface area (Å²) in [6.45, 7) is 6.55. The van der Waals surface area contributed by atoms with E-state index in [2.05, 4.69) is 40.5 Å². The number of fused-ring (bicyclic) bond motifs is 2. The molecule has 3 aromatic rings. The Bertz CT molecular complexity index is 1830. The SMILES string of the molecule is COc1cccc(CNC2(CCC(C)(C)C)C(=O)C(C3=NS(O)(O)c4cc(NS(C)(=O)=O)ccc4N3)=C(O)c3ccccc32)c1. The Morgan fingerprint density at radius 3 is 2.47 bits per heavy atom. The lowest BCUT2D eigenvalue weighted by molar-refractivity contribution is -0.122. The van der Waals surface area contributed by atoms with Gasteiger partial charge in [-0.25, -0.2) is 8.42 Å². The van der Waals surface area contributed by atoms with Gasteiger partial charge in [-0.05, 0) is 59.7 Å². The summed E-state index contributed by atoms with van der Waals surface area (Å²) in [5.74, 6) is -0.352. The van der Waals surface area contributed by atoms with E-state index in [4.69, 9.17) is 4.74 Å². The minimum Gasteiger partial charge on any atom is -0.506 e. The number of hydrogen-bond acceptors (Lipinski definition) is 10. The zero-order chi connectivity index (χ0) is 32.8. The summed E-state index contributed by atoms with van der Waals surface area (Å²) in [6, 6.07) is 18.8. The molecular formula is C32H38N4O7S2. The number of hydrogen-bond donors (Lipinski definition) is 6. The molecule has 1 heterocycles. The van der Waals surface area contributed by atoms with Crippen LogP contribution in [-0.4, -0.2) is 47.6 Å². The highest BCUT2D eigenvalue weighted by atomic mass is 32.3. The van der Waals surface area contributed by atoms with Crippen LogP contribution in [0.1, 0.15) is 50.3 Å². The topological polar surface area (TPSA) is 170 Å². The van der Waals surface area contributed by atoms with Crippen molar-refractivity contribution in [1.29, 1.82) is 0 Å². The van der Waals surface area contributed by atoms with E-state index in [1.54, 1.807) is 19.2 Å². The van der Waals surface area contributed by atoms with Gasteiger partial charge in [0.2, 0.25) is 10.0 Å². The summed E-state index contributed by atoms with van der Waals surface area (Å²) in [6.07, 6.45) is 1.99. The first kappa shape index (κ1) is 32.5. The molecule has 0 saturated carbocycles. The van der Waals surface area contributed by atoms with Crippen molar-refractivity contribution in [2.45, 2.75) is 50.6 Å². The smallest absolute Gasteiger partial charge is 0.229 e. The maximum Gasteiger partial charge on any atom is 0.229 e. The Kier molecular flexibility index (Phi) is 8.53. The van der Waals surface area contributed by atoms with Crippen molar-refractivity contribution < 1.29 is 32.2 Å². The molecule has 0 fully saturated rings. The third-order valence-corrected chi connectivity index (χ3v) is 9.73. The van der Waals surface area contributed by atoms with Crippen molar-refractivity contribution >= 4 is 49.6 Å². The van der Waals surface area contributed by atoms with E-state index < -0.39 is 32.1 Å². The molecular weight excluding hydrogens is 617 g/mol. The highest BCUT2D eigenvalue weighted by Gasteiger charge is 2.49. The fourth-order valence-corrected chi connectivity index (χ4v) is 7.28. The predicted octanol–water partition coefficient (Wildman–Crippen LogP) is 6.28. The summed E-state index contributed by atoms with van der Waals surface area (Å²) >= 11 is 0. The molecule has 240 valence electrons. The van der Waals surface area contributed by atoms with Gasteiger partial charge in [-0.15, -0.1) is 4.40 Å². The number of carbonyl (C=O) groups excluding carboxylic acids is 1. The number of ether oxygens (including phenoxy) is 1. The molecule has 6 N–H and O–H groups in total. The van der Waals surface area contributed by atoms with E-state index >= 15 is 0 Å². The molecule has 2 aliphatic rings. The van der Waals surface area contributed by atoms with E-state index in [0.29, 0.717) is 36.3 Å². The van der Waals surface area contributed by atoms with E-state index in [9.17, 15) is 27.4 Å². The second kappa shape index (κ2) is 11.8. The minimum atomic E-state index is -3.92. The van der Waals surface area contributed by atoms with E-state index in [1.807, 2.05) is 36.4 Å². The van der Waals surface area contributed by atoms with Gasteiger partial charge in [0.1, 0.15) is 27.5 Å². The average molecular weight is 655 g/mol. The molecule has 0 saturated heterocycles. The molecule has 0 bridgehead atoms. The molecule has 1 atom stereocenters. The summed E-state index contributed by atoms with van der Waals surface area (Å²) in [5, 5.41) is 18.1. The average Bonchev–Trinajstić information content (AvgIpc) is 2.96. The predicted molar refractivity (Wildman–Crippen MR) is 178 cm³/mol. The normalized spacial score (nSPS) is 20.0. The van der Waals surface area contributed by atoms with Gasteiger partial charge in [0.25, 0.3) is 0 Å². The zero-order valence-corrected chi connectivity index (χ0v) is 27.3. The first-order valence-corrected chi connectivity index (χ1v) is 17.7. The highest BCUT2D eigenvalue weighted by molar-refractivity contribution is 8.23. The van der Waals surface area contributed by atoms with Crippen LogP contribution in [0.15, 0.2) is 81.6 Å². The number of anilines is 2. The van der Waals surface area contributed by atoms with E-state index in [-0.39, 0.29) is 38.9 Å². The van der Waals surface area contributed by atoms with Gasteiger partial charge in [0.05, 0.1) is 24.7 Å². The van der Waals surface area contributed by atoms with Crippen LogP contribution in [0.25, 0.3) is 5.76 Å². The van der Waals surface area contributed by atoms with E-state index in [1.165, 1.54) is 18.2 Å². The van der Waals surface area contributed by atoms with Gasteiger partial charge in [-0.1, -0.05) is 67.9 Å². The number of aliphatic hydroxyl groups is 1. The zero-order valence-electron chi connectivity index (χ0n) is 25.7. The lowest BCUT2D eigenvalue weighted by atomic mass is 9.69. The molecule has 0 amide bonds. The largest absolute Gasteiger partial charge is 0.506 e. The molecule has 1 unspecified atom stereocenters. The molecule has 3 aromatic carbocycles. The van der Waals surface area contributed by atoms with Gasteiger partial charge in [0.15, 0.2) is 11.6 Å². The van der Waals surface area contributed by atoms with Crippen LogP contribution in [-0.2, 0) is 26.9 Å². The summed E-state index contributed by atoms with van der Waals surface area (Å²) < 4.78 is 57.7. The number of nitrogens with one attached hydrogen (secondary N) is 3. The van der Waals surface area contributed by atoms with Crippen molar-refractivity contribution in [3.05, 3.63) is 89.0 Å². The Morgan fingerprint density at radius 2 is 1.78 bits per heavy atom. The fourth-order valence-electron chi connectivity index (χ4n) is 5.53. The van der Waals surface area contributed by atoms with Gasteiger partial charge < -0.3 is 15.2 Å². The molecule has 1 aliphatic carbocycles. The Hall–Kier alpha value is -3.88. The van der Waals surface area contributed by atoms with Gasteiger partial charge in [-0.2, -0.15) is 0 Å². The second-order valence-electron chi connectivity index (χ2n) is 12.4. The Labute approximate surface area is 265 Å². The first-order chi connectivity index (χ1) is 21.0. The van der Waals surface area contributed by atoms with Gasteiger partial charge in [0, 0.05) is 12.1 Å². The van der Waals surface area contributed by atoms with Crippen molar-refractivity contribution in [2.24, 2.45) is 9.81 Å². The summed E-state index contributed by atoms with van der Waals surface area (Å²) in [7, 11) is -5.96. The lowest BCUT2D eigenvalue weighted by Gasteiger charge is -2.42. The number of carbonyl (C=O) groups is 1. The van der Waals surface area contributed by atoms with Crippen molar-refractivity contribution in [3.63, 3.8) is 0 Å². The molecule has 0 aromatic heterocycles. The summed E-state index contributed by atoms with van der Waals surface area (Å²) in [4.78, 5) is 14.8. The maximum absolute atomic E-state index is 14.9.